The number of carbonyl (C=O) groups is 1. The maximum atomic E-state index is 13.7. The molecule has 1 fully saturated rings. The third-order valence-corrected chi connectivity index (χ3v) is 7.54. The molecule has 39 heavy (non-hydrogen) atoms. The molecule has 204 valence electrons. The predicted molar refractivity (Wildman–Crippen MR) is 143 cm³/mol. The first kappa shape index (κ1) is 26.8. The molecular formula is C29H30F3N5O2. The van der Waals surface area contributed by atoms with Crippen molar-refractivity contribution in [2.75, 3.05) is 20.2 Å². The summed E-state index contributed by atoms with van der Waals surface area (Å²) in [7, 11) is 1.96. The molecule has 2 unspecified atom stereocenters. The number of nitrogens with one attached hydrogen (secondary N) is 1. The number of fused-ring (bicyclic) bond motifs is 1. The van der Waals surface area contributed by atoms with Gasteiger partial charge >= 0.3 is 6.18 Å². The lowest BCUT2D eigenvalue weighted by Crippen LogP contribution is -2.55. The summed E-state index contributed by atoms with van der Waals surface area (Å²) in [4.78, 5) is 24.1. The number of hydrogen-bond donors (Lipinski definition) is 2. The maximum absolute atomic E-state index is 13.7. The van der Waals surface area contributed by atoms with E-state index >= 15 is 0 Å². The Labute approximate surface area is 224 Å². The van der Waals surface area contributed by atoms with Crippen molar-refractivity contribution in [1.29, 1.82) is 0 Å². The first-order chi connectivity index (χ1) is 18.7. The van der Waals surface area contributed by atoms with E-state index in [4.69, 9.17) is 10.5 Å². The van der Waals surface area contributed by atoms with Gasteiger partial charge in [0, 0.05) is 35.9 Å². The molecule has 0 saturated carbocycles. The van der Waals surface area contributed by atoms with Crippen LogP contribution in [0.2, 0.25) is 0 Å². The summed E-state index contributed by atoms with van der Waals surface area (Å²) in [5.41, 5.74) is 5.57. The summed E-state index contributed by atoms with van der Waals surface area (Å²) >= 11 is 0. The molecule has 3 heterocycles. The van der Waals surface area contributed by atoms with Crippen LogP contribution in [0.5, 0.6) is 5.75 Å². The molecule has 2 aliphatic rings. The summed E-state index contributed by atoms with van der Waals surface area (Å²) in [5, 5.41) is 4.25. The number of primary amides is 1. The number of halogens is 3. The summed E-state index contributed by atoms with van der Waals surface area (Å²) in [5.74, 6) is -0.785. The highest BCUT2D eigenvalue weighted by atomic mass is 19.4. The number of pyridine rings is 1. The zero-order valence-electron chi connectivity index (χ0n) is 21.5. The molecule has 3 atom stereocenters. The topological polar surface area (TPSA) is 92.8 Å². The molecule has 7 nitrogen and oxygen atoms in total. The minimum absolute atomic E-state index is 0.0331. The molecule has 5 rings (SSSR count). The van der Waals surface area contributed by atoms with Gasteiger partial charge < -0.3 is 15.4 Å². The molecule has 0 spiro atoms. The van der Waals surface area contributed by atoms with Gasteiger partial charge in [-0.1, -0.05) is 24.3 Å². The SMILES string of the molecule is CN1CCC[C@@H]1COc1cc(C(F)(F)F)ccc1C1(C(N)=O)C=CC=NC1NCc1ccc2ncccc2c1. The highest BCUT2D eigenvalue weighted by Gasteiger charge is 2.47. The average molecular weight is 538 g/mol. The highest BCUT2D eigenvalue weighted by Crippen LogP contribution is 2.42. The van der Waals surface area contributed by atoms with Gasteiger partial charge in [0.25, 0.3) is 0 Å². The van der Waals surface area contributed by atoms with Crippen LogP contribution >= 0.6 is 0 Å². The van der Waals surface area contributed by atoms with Gasteiger partial charge in [-0.25, -0.2) is 0 Å². The highest BCUT2D eigenvalue weighted by molar-refractivity contribution is 5.93. The largest absolute Gasteiger partial charge is 0.492 e. The second-order valence-electron chi connectivity index (χ2n) is 10.0. The Kier molecular flexibility index (Phi) is 7.42. The van der Waals surface area contributed by atoms with Crippen LogP contribution in [-0.2, 0) is 22.9 Å². The summed E-state index contributed by atoms with van der Waals surface area (Å²) in [6.45, 7) is 1.41. The fourth-order valence-electron chi connectivity index (χ4n) is 5.32. The van der Waals surface area contributed by atoms with Crippen LogP contribution in [0.15, 0.2) is 71.9 Å². The van der Waals surface area contributed by atoms with Crippen molar-refractivity contribution in [3.8, 4) is 5.75 Å². The van der Waals surface area contributed by atoms with Crippen molar-refractivity contribution in [2.45, 2.75) is 43.2 Å². The van der Waals surface area contributed by atoms with Crippen LogP contribution in [0, 0.1) is 0 Å². The Morgan fingerprint density at radius 3 is 2.82 bits per heavy atom. The number of nitrogens with two attached hydrogens (primary N) is 1. The number of alkyl halides is 3. The van der Waals surface area contributed by atoms with Crippen molar-refractivity contribution in [1.82, 2.24) is 15.2 Å². The standard InChI is InChI=1S/C29H30F3N5O2/c1-37-14-3-6-22(37)18-39-25-16-21(29(30,31)32)8-9-23(25)28(26(33)38)11-4-13-35-27(28)36-17-19-7-10-24-20(15-19)5-2-12-34-24/h2,4-5,7-13,15-16,22,27,36H,3,6,14,17-18H2,1H3,(H2,33,38)/t22-,27?,28?/m1/s1. The van der Waals surface area contributed by atoms with Crippen LogP contribution in [0.25, 0.3) is 10.9 Å². The molecule has 10 heteroatoms. The number of nitrogens with zero attached hydrogens (tertiary/aromatic N) is 3. The monoisotopic (exact) mass is 537 g/mol. The number of aromatic nitrogens is 1. The number of benzene rings is 2. The van der Waals surface area contributed by atoms with Crippen molar-refractivity contribution >= 4 is 23.0 Å². The maximum Gasteiger partial charge on any atom is 0.416 e. The van der Waals surface area contributed by atoms with E-state index in [0.29, 0.717) is 6.54 Å². The van der Waals surface area contributed by atoms with Gasteiger partial charge in [0.1, 0.15) is 23.9 Å². The predicted octanol–water partition coefficient (Wildman–Crippen LogP) is 4.21. The van der Waals surface area contributed by atoms with E-state index in [-0.39, 0.29) is 24.0 Å². The van der Waals surface area contributed by atoms with E-state index in [1.807, 2.05) is 37.4 Å². The number of allylic oxidation sites excluding steroid dienone is 1. The number of rotatable bonds is 8. The van der Waals surface area contributed by atoms with Gasteiger partial charge in [-0.15, -0.1) is 0 Å². The van der Waals surface area contributed by atoms with Crippen LogP contribution < -0.4 is 15.8 Å². The molecule has 1 aromatic heterocycles. The molecule has 3 aromatic rings. The zero-order valence-corrected chi connectivity index (χ0v) is 21.5. The van der Waals surface area contributed by atoms with Gasteiger partial charge in [0.05, 0.1) is 11.1 Å². The molecule has 0 radical (unpaired) electrons. The van der Waals surface area contributed by atoms with Gasteiger partial charge in [0.2, 0.25) is 5.91 Å². The molecule has 1 amide bonds. The van der Waals surface area contributed by atoms with E-state index in [0.717, 1.165) is 48.0 Å². The number of likely N-dealkylation sites (tertiary alicyclic amines) is 1. The quantitative estimate of drug-likeness (QED) is 0.449. The number of hydrogen-bond acceptors (Lipinski definition) is 6. The van der Waals surface area contributed by atoms with Gasteiger partial charge in [-0.05, 0) is 68.4 Å². The number of carbonyl (C=O) groups excluding carboxylic acids is 1. The molecule has 0 bridgehead atoms. The Morgan fingerprint density at radius 1 is 1.23 bits per heavy atom. The van der Waals surface area contributed by atoms with Gasteiger partial charge in [-0.3, -0.25) is 20.1 Å². The fourth-order valence-corrected chi connectivity index (χ4v) is 5.32. The molecular weight excluding hydrogens is 507 g/mol. The van der Waals surface area contributed by atoms with Crippen molar-refractivity contribution in [2.24, 2.45) is 10.7 Å². The number of ether oxygens (including phenoxy) is 1. The van der Waals surface area contributed by atoms with Crippen molar-refractivity contribution in [3.05, 3.63) is 83.6 Å². The second kappa shape index (κ2) is 10.8. The number of aliphatic imine (C=N–C) groups is 1. The Bertz CT molecular complexity index is 1420. The lowest BCUT2D eigenvalue weighted by Gasteiger charge is -2.37. The van der Waals surface area contributed by atoms with E-state index in [1.165, 1.54) is 6.07 Å². The van der Waals surface area contributed by atoms with E-state index < -0.39 is 29.2 Å². The summed E-state index contributed by atoms with van der Waals surface area (Å²) in [6, 6.07) is 12.9. The van der Waals surface area contributed by atoms with Crippen LogP contribution in [-0.4, -0.2) is 54.4 Å². The Hall–Kier alpha value is -3.76. The van der Waals surface area contributed by atoms with Crippen LogP contribution in [0.3, 0.4) is 0 Å². The Balaban J connectivity index is 1.49. The third kappa shape index (κ3) is 5.39. The van der Waals surface area contributed by atoms with Crippen molar-refractivity contribution < 1.29 is 22.7 Å². The fraction of sp³-hybridized carbons (Fsp3) is 0.345. The van der Waals surface area contributed by atoms with Crippen molar-refractivity contribution in [3.63, 3.8) is 0 Å². The average Bonchev–Trinajstić information content (AvgIpc) is 3.34. The smallest absolute Gasteiger partial charge is 0.416 e. The zero-order chi connectivity index (χ0) is 27.6. The van der Waals surface area contributed by atoms with E-state index in [1.54, 1.807) is 24.6 Å². The Morgan fingerprint density at radius 2 is 2.08 bits per heavy atom. The molecule has 2 aromatic carbocycles. The molecule has 0 aliphatic carbocycles. The minimum atomic E-state index is -4.58. The minimum Gasteiger partial charge on any atom is -0.492 e. The number of dihydropyridines is 1. The first-order valence-electron chi connectivity index (χ1n) is 12.8. The van der Waals surface area contributed by atoms with Gasteiger partial charge in [0.15, 0.2) is 0 Å². The summed E-state index contributed by atoms with van der Waals surface area (Å²) in [6.07, 6.45) is 2.83. The normalized spacial score (nSPS) is 23.4. The van der Waals surface area contributed by atoms with Crippen LogP contribution in [0.1, 0.15) is 29.5 Å². The third-order valence-electron chi connectivity index (χ3n) is 7.54. The second-order valence-corrected chi connectivity index (χ2v) is 10.0. The molecule has 3 N–H and O–H groups in total. The van der Waals surface area contributed by atoms with E-state index in [9.17, 15) is 18.0 Å². The van der Waals surface area contributed by atoms with E-state index in [2.05, 4.69) is 20.2 Å². The van der Waals surface area contributed by atoms with Gasteiger partial charge in [-0.2, -0.15) is 13.2 Å². The molecule has 2 aliphatic heterocycles. The van der Waals surface area contributed by atoms with Crippen LogP contribution in [0.4, 0.5) is 13.2 Å². The molecule has 1 saturated heterocycles. The summed E-state index contributed by atoms with van der Waals surface area (Å²) < 4.78 is 47.1. The lowest BCUT2D eigenvalue weighted by atomic mass is 9.74. The number of likely N-dealkylation sites (N-methyl/N-ethyl adjacent to an activating group) is 1. The first-order valence-corrected chi connectivity index (χ1v) is 12.8. The lowest BCUT2D eigenvalue weighted by molar-refractivity contribution is -0.137. The number of amides is 1.